The normalized spacial score (nSPS) is 21.6. The van der Waals surface area contributed by atoms with Gasteiger partial charge in [0.1, 0.15) is 0 Å². The predicted octanol–water partition coefficient (Wildman–Crippen LogP) is 1.58. The lowest BCUT2D eigenvalue weighted by Gasteiger charge is -2.18. The van der Waals surface area contributed by atoms with E-state index in [2.05, 4.69) is 12.0 Å². The molecule has 1 aromatic rings. The van der Waals surface area contributed by atoms with Gasteiger partial charge in [-0.3, -0.25) is 4.68 Å². The van der Waals surface area contributed by atoms with Crippen LogP contribution in [0.3, 0.4) is 0 Å². The standard InChI is InChI=1S/C10H16N2O/c1-3-12-8-5-4-6-9(13)10(8)7(2)11-12/h9,13H,3-6H2,1-2H3. The fourth-order valence-electron chi connectivity index (χ4n) is 2.21. The summed E-state index contributed by atoms with van der Waals surface area (Å²) in [5, 5.41) is 14.2. The first-order chi connectivity index (χ1) is 6.24. The highest BCUT2D eigenvalue weighted by Crippen LogP contribution is 2.31. The molecule has 0 bridgehead atoms. The van der Waals surface area contributed by atoms with Crippen LogP contribution >= 0.6 is 0 Å². The van der Waals surface area contributed by atoms with Crippen LogP contribution in [0.2, 0.25) is 0 Å². The SMILES string of the molecule is CCn1nc(C)c2c1CCCC2O. The van der Waals surface area contributed by atoms with Gasteiger partial charge in [-0.2, -0.15) is 5.10 Å². The lowest BCUT2D eigenvalue weighted by molar-refractivity contribution is 0.155. The Bertz CT molecular complexity index is 317. The van der Waals surface area contributed by atoms with E-state index in [0.29, 0.717) is 0 Å². The molecule has 3 nitrogen and oxygen atoms in total. The zero-order valence-electron chi connectivity index (χ0n) is 8.25. The highest BCUT2D eigenvalue weighted by molar-refractivity contribution is 5.30. The van der Waals surface area contributed by atoms with Gasteiger partial charge in [-0.05, 0) is 33.1 Å². The van der Waals surface area contributed by atoms with Crippen LogP contribution in [0.5, 0.6) is 0 Å². The average molecular weight is 180 g/mol. The van der Waals surface area contributed by atoms with Gasteiger partial charge >= 0.3 is 0 Å². The minimum Gasteiger partial charge on any atom is -0.388 e. The molecule has 1 atom stereocenters. The molecule has 3 heteroatoms. The molecule has 0 radical (unpaired) electrons. The molecule has 72 valence electrons. The van der Waals surface area contributed by atoms with E-state index in [0.717, 1.165) is 37.1 Å². The first-order valence-corrected chi connectivity index (χ1v) is 4.98. The zero-order chi connectivity index (χ0) is 9.42. The summed E-state index contributed by atoms with van der Waals surface area (Å²) in [7, 11) is 0. The third kappa shape index (κ3) is 1.27. The third-order valence-corrected chi connectivity index (χ3v) is 2.81. The summed E-state index contributed by atoms with van der Waals surface area (Å²) in [6.45, 7) is 4.98. The van der Waals surface area contributed by atoms with Gasteiger partial charge in [-0.25, -0.2) is 0 Å². The number of rotatable bonds is 1. The van der Waals surface area contributed by atoms with Crippen molar-refractivity contribution in [1.82, 2.24) is 9.78 Å². The fraction of sp³-hybridized carbons (Fsp3) is 0.700. The molecular weight excluding hydrogens is 164 g/mol. The van der Waals surface area contributed by atoms with Gasteiger partial charge in [-0.15, -0.1) is 0 Å². The van der Waals surface area contributed by atoms with Crippen molar-refractivity contribution in [2.24, 2.45) is 0 Å². The molecule has 13 heavy (non-hydrogen) atoms. The summed E-state index contributed by atoms with van der Waals surface area (Å²) >= 11 is 0. The van der Waals surface area contributed by atoms with Crippen LogP contribution in [0, 0.1) is 6.92 Å². The Morgan fingerprint density at radius 1 is 1.62 bits per heavy atom. The second kappa shape index (κ2) is 3.14. The molecule has 0 spiro atoms. The molecule has 1 N–H and O–H groups in total. The molecule has 1 aliphatic rings. The van der Waals surface area contributed by atoms with Crippen molar-refractivity contribution in [2.75, 3.05) is 0 Å². The Hall–Kier alpha value is -0.830. The lowest BCUT2D eigenvalue weighted by Crippen LogP contribution is -2.12. The minimum absolute atomic E-state index is 0.274. The molecule has 1 aliphatic carbocycles. The third-order valence-electron chi connectivity index (χ3n) is 2.81. The van der Waals surface area contributed by atoms with Crippen LogP contribution < -0.4 is 0 Å². The smallest absolute Gasteiger partial charge is 0.0826 e. The van der Waals surface area contributed by atoms with Crippen LogP contribution in [-0.2, 0) is 13.0 Å². The van der Waals surface area contributed by atoms with E-state index in [-0.39, 0.29) is 6.10 Å². The van der Waals surface area contributed by atoms with Crippen molar-refractivity contribution in [3.63, 3.8) is 0 Å². The summed E-state index contributed by atoms with van der Waals surface area (Å²) in [5.41, 5.74) is 3.34. The van der Waals surface area contributed by atoms with Crippen molar-refractivity contribution >= 4 is 0 Å². The Labute approximate surface area is 78.4 Å². The quantitative estimate of drug-likeness (QED) is 0.712. The van der Waals surface area contributed by atoms with Crippen molar-refractivity contribution in [3.05, 3.63) is 17.0 Å². The van der Waals surface area contributed by atoms with E-state index >= 15 is 0 Å². The first-order valence-electron chi connectivity index (χ1n) is 4.98. The molecule has 2 rings (SSSR count). The fourth-order valence-corrected chi connectivity index (χ4v) is 2.21. The number of aliphatic hydroxyl groups is 1. The lowest BCUT2D eigenvalue weighted by atomic mass is 9.93. The van der Waals surface area contributed by atoms with Gasteiger partial charge < -0.3 is 5.11 Å². The molecule has 0 saturated carbocycles. The predicted molar refractivity (Wildman–Crippen MR) is 50.5 cm³/mol. The molecular formula is C10H16N2O. The van der Waals surface area contributed by atoms with E-state index in [1.54, 1.807) is 0 Å². The summed E-state index contributed by atoms with van der Waals surface area (Å²) in [5.74, 6) is 0. The highest BCUT2D eigenvalue weighted by Gasteiger charge is 2.24. The average Bonchev–Trinajstić information content (AvgIpc) is 2.44. The van der Waals surface area contributed by atoms with Crippen LogP contribution in [0.1, 0.15) is 42.8 Å². The number of hydrogen-bond acceptors (Lipinski definition) is 2. The second-order valence-electron chi connectivity index (χ2n) is 3.67. The first kappa shape index (κ1) is 8.75. The van der Waals surface area contributed by atoms with Crippen LogP contribution in [0.25, 0.3) is 0 Å². The highest BCUT2D eigenvalue weighted by atomic mass is 16.3. The summed E-state index contributed by atoms with van der Waals surface area (Å²) in [4.78, 5) is 0. The largest absolute Gasteiger partial charge is 0.388 e. The number of fused-ring (bicyclic) bond motifs is 1. The summed E-state index contributed by atoms with van der Waals surface area (Å²) in [6.07, 6.45) is 2.77. The maximum Gasteiger partial charge on any atom is 0.0826 e. The minimum atomic E-state index is -0.274. The number of aliphatic hydroxyl groups excluding tert-OH is 1. The van der Waals surface area contributed by atoms with E-state index in [1.165, 1.54) is 5.69 Å². The van der Waals surface area contributed by atoms with E-state index < -0.39 is 0 Å². The Kier molecular flexibility index (Phi) is 2.12. The Morgan fingerprint density at radius 2 is 2.38 bits per heavy atom. The van der Waals surface area contributed by atoms with E-state index in [9.17, 15) is 5.11 Å². The Morgan fingerprint density at radius 3 is 3.08 bits per heavy atom. The molecule has 1 aromatic heterocycles. The molecule has 0 amide bonds. The maximum atomic E-state index is 9.80. The molecule has 0 aromatic carbocycles. The summed E-state index contributed by atoms with van der Waals surface area (Å²) in [6, 6.07) is 0. The van der Waals surface area contributed by atoms with Crippen molar-refractivity contribution in [3.8, 4) is 0 Å². The maximum absolute atomic E-state index is 9.80. The van der Waals surface area contributed by atoms with Gasteiger partial charge in [0.25, 0.3) is 0 Å². The number of hydrogen-bond donors (Lipinski definition) is 1. The topological polar surface area (TPSA) is 38.0 Å². The molecule has 1 heterocycles. The van der Waals surface area contributed by atoms with Crippen molar-refractivity contribution < 1.29 is 5.11 Å². The molecule has 0 fully saturated rings. The summed E-state index contributed by atoms with van der Waals surface area (Å²) < 4.78 is 2.02. The van der Waals surface area contributed by atoms with Crippen molar-refractivity contribution in [2.45, 2.75) is 45.8 Å². The monoisotopic (exact) mass is 180 g/mol. The number of aryl methyl sites for hydroxylation is 2. The van der Waals surface area contributed by atoms with Gasteiger partial charge in [0.05, 0.1) is 11.8 Å². The van der Waals surface area contributed by atoms with Gasteiger partial charge in [-0.1, -0.05) is 0 Å². The van der Waals surface area contributed by atoms with Crippen molar-refractivity contribution in [1.29, 1.82) is 0 Å². The second-order valence-corrected chi connectivity index (χ2v) is 3.67. The number of aromatic nitrogens is 2. The molecule has 0 aliphatic heterocycles. The van der Waals surface area contributed by atoms with Gasteiger partial charge in [0.15, 0.2) is 0 Å². The molecule has 0 saturated heterocycles. The van der Waals surface area contributed by atoms with E-state index in [4.69, 9.17) is 0 Å². The van der Waals surface area contributed by atoms with Crippen LogP contribution in [0.4, 0.5) is 0 Å². The number of nitrogens with zero attached hydrogens (tertiary/aromatic N) is 2. The van der Waals surface area contributed by atoms with Crippen LogP contribution in [-0.4, -0.2) is 14.9 Å². The Balaban J connectivity index is 2.51. The zero-order valence-corrected chi connectivity index (χ0v) is 8.25. The van der Waals surface area contributed by atoms with Gasteiger partial charge in [0.2, 0.25) is 0 Å². The van der Waals surface area contributed by atoms with E-state index in [1.807, 2.05) is 11.6 Å². The van der Waals surface area contributed by atoms with Crippen LogP contribution in [0.15, 0.2) is 0 Å². The molecule has 1 unspecified atom stereocenters. The van der Waals surface area contributed by atoms with Gasteiger partial charge in [0, 0.05) is 17.8 Å².